The highest BCUT2D eigenvalue weighted by Gasteiger charge is 2.36. The van der Waals surface area contributed by atoms with Gasteiger partial charge in [0.1, 0.15) is 11.8 Å². The fourth-order valence-corrected chi connectivity index (χ4v) is 5.35. The molecule has 1 aromatic heterocycles. The fraction of sp³-hybridized carbons (Fsp3) is 0.333. The molecule has 2 heterocycles. The maximum atomic E-state index is 13.9. The summed E-state index contributed by atoms with van der Waals surface area (Å²) in [5.41, 5.74) is 1.22. The number of carbonyl (C=O) groups is 2. The maximum absolute atomic E-state index is 13.9. The Morgan fingerprint density at radius 3 is 2.63 bits per heavy atom. The lowest BCUT2D eigenvalue weighted by Crippen LogP contribution is -2.47. The van der Waals surface area contributed by atoms with Crippen molar-refractivity contribution >= 4 is 28.8 Å². The first kappa shape index (κ1) is 23.2. The number of methoxy groups -OCH3 is 1. The number of amides is 2. The quantitative estimate of drug-likeness (QED) is 0.483. The van der Waals surface area contributed by atoms with Crippen molar-refractivity contribution in [2.24, 2.45) is 0 Å². The monoisotopic (exact) mass is 492 g/mol. The third kappa shape index (κ3) is 4.98. The highest BCUT2D eigenvalue weighted by Crippen LogP contribution is 2.39. The minimum atomic E-state index is -0.901. The molecule has 1 aliphatic carbocycles. The van der Waals surface area contributed by atoms with Crippen LogP contribution in [-0.4, -0.2) is 31.8 Å². The molecule has 2 aliphatic rings. The van der Waals surface area contributed by atoms with E-state index in [9.17, 15) is 9.59 Å². The number of ether oxygens (including phenoxy) is 3. The topological polar surface area (TPSA) is 77.1 Å². The van der Waals surface area contributed by atoms with Crippen molar-refractivity contribution in [3.8, 4) is 17.2 Å². The molecule has 35 heavy (non-hydrogen) atoms. The van der Waals surface area contributed by atoms with E-state index >= 15 is 0 Å². The van der Waals surface area contributed by atoms with E-state index in [1.807, 2.05) is 35.7 Å². The SMILES string of the molecule is COc1cccc([C@@H](C(=O)NC2CCCCC2)N(C(=O)c2cccs2)c2ccc3c(c2)OCO3)c1. The Bertz CT molecular complexity index is 1190. The first-order valence-corrected chi connectivity index (χ1v) is 12.7. The Morgan fingerprint density at radius 1 is 1.03 bits per heavy atom. The standard InChI is InChI=1S/C27H28N2O5S/c1-32-21-10-5-7-18(15-21)25(26(30)28-19-8-3-2-4-9-19)29(27(31)24-11-6-14-35-24)20-12-13-22-23(16-20)34-17-33-22/h5-7,10-16,19,25H,2-4,8-9,17H2,1H3,(H,28,30)/t25-/m0/s1. The Labute approximate surface area is 208 Å². The molecule has 182 valence electrons. The van der Waals surface area contributed by atoms with Crippen LogP contribution in [0.25, 0.3) is 0 Å². The van der Waals surface area contributed by atoms with Gasteiger partial charge in [-0.15, -0.1) is 11.3 Å². The van der Waals surface area contributed by atoms with Crippen LogP contribution in [0.15, 0.2) is 60.0 Å². The lowest BCUT2D eigenvalue weighted by molar-refractivity contribution is -0.123. The summed E-state index contributed by atoms with van der Waals surface area (Å²) in [4.78, 5) is 30.0. The highest BCUT2D eigenvalue weighted by molar-refractivity contribution is 7.12. The lowest BCUT2D eigenvalue weighted by Gasteiger charge is -2.33. The Balaban J connectivity index is 1.60. The van der Waals surface area contributed by atoms with Gasteiger partial charge in [0, 0.05) is 17.8 Å². The molecule has 5 rings (SSSR count). The fourth-order valence-electron chi connectivity index (χ4n) is 4.69. The first-order valence-electron chi connectivity index (χ1n) is 11.8. The summed E-state index contributed by atoms with van der Waals surface area (Å²) < 4.78 is 16.5. The van der Waals surface area contributed by atoms with Crippen LogP contribution < -0.4 is 24.4 Å². The highest BCUT2D eigenvalue weighted by atomic mass is 32.1. The van der Waals surface area contributed by atoms with Crippen molar-refractivity contribution in [3.05, 3.63) is 70.4 Å². The van der Waals surface area contributed by atoms with Gasteiger partial charge in [-0.05, 0) is 54.1 Å². The molecular weight excluding hydrogens is 464 g/mol. The van der Waals surface area contributed by atoms with Crippen LogP contribution in [0.2, 0.25) is 0 Å². The average molecular weight is 493 g/mol. The minimum absolute atomic E-state index is 0.0970. The summed E-state index contributed by atoms with van der Waals surface area (Å²) in [7, 11) is 1.59. The summed E-state index contributed by atoms with van der Waals surface area (Å²) in [6.07, 6.45) is 5.26. The Kier molecular flexibility index (Phi) is 6.90. The molecule has 2 amide bonds. The minimum Gasteiger partial charge on any atom is -0.497 e. The predicted octanol–water partition coefficient (Wildman–Crippen LogP) is 5.32. The number of rotatable bonds is 7. The number of carbonyl (C=O) groups excluding carboxylic acids is 2. The van der Waals surface area contributed by atoms with Gasteiger partial charge in [0.2, 0.25) is 12.7 Å². The second-order valence-electron chi connectivity index (χ2n) is 8.71. The molecule has 1 aliphatic heterocycles. The zero-order chi connectivity index (χ0) is 24.2. The van der Waals surface area contributed by atoms with Crippen molar-refractivity contribution in [3.63, 3.8) is 0 Å². The van der Waals surface area contributed by atoms with Crippen LogP contribution in [0.5, 0.6) is 17.2 Å². The zero-order valence-corrected chi connectivity index (χ0v) is 20.4. The summed E-state index contributed by atoms with van der Waals surface area (Å²) in [5.74, 6) is 1.30. The van der Waals surface area contributed by atoms with Crippen LogP contribution in [0, 0.1) is 0 Å². The van der Waals surface area contributed by atoms with Gasteiger partial charge in [0.15, 0.2) is 11.5 Å². The number of hydrogen-bond donors (Lipinski definition) is 1. The van der Waals surface area contributed by atoms with Crippen LogP contribution in [0.3, 0.4) is 0 Å². The molecule has 2 aromatic carbocycles. The van der Waals surface area contributed by atoms with Crippen molar-refractivity contribution in [2.75, 3.05) is 18.8 Å². The molecule has 0 radical (unpaired) electrons. The second kappa shape index (κ2) is 10.4. The molecule has 1 fully saturated rings. The van der Waals surface area contributed by atoms with E-state index in [-0.39, 0.29) is 24.6 Å². The Morgan fingerprint density at radius 2 is 1.86 bits per heavy atom. The smallest absolute Gasteiger partial charge is 0.269 e. The van der Waals surface area contributed by atoms with Crippen LogP contribution >= 0.6 is 11.3 Å². The van der Waals surface area contributed by atoms with Crippen molar-refractivity contribution in [1.82, 2.24) is 5.32 Å². The van der Waals surface area contributed by atoms with E-state index in [1.54, 1.807) is 36.3 Å². The lowest BCUT2D eigenvalue weighted by atomic mass is 9.94. The summed E-state index contributed by atoms with van der Waals surface area (Å²) in [5, 5.41) is 5.09. The molecule has 0 spiro atoms. The van der Waals surface area contributed by atoms with Crippen molar-refractivity contribution in [1.29, 1.82) is 0 Å². The van der Waals surface area contributed by atoms with Crippen LogP contribution in [0.1, 0.15) is 53.4 Å². The van der Waals surface area contributed by atoms with E-state index in [0.29, 0.717) is 33.4 Å². The van der Waals surface area contributed by atoms with E-state index < -0.39 is 6.04 Å². The van der Waals surface area contributed by atoms with Gasteiger partial charge in [-0.25, -0.2) is 0 Å². The largest absolute Gasteiger partial charge is 0.497 e. The predicted molar refractivity (Wildman–Crippen MR) is 134 cm³/mol. The number of anilines is 1. The molecule has 1 atom stereocenters. The number of nitrogens with zero attached hydrogens (tertiary/aromatic N) is 1. The molecule has 3 aromatic rings. The molecule has 0 saturated heterocycles. The van der Waals surface area contributed by atoms with Gasteiger partial charge in [-0.1, -0.05) is 37.5 Å². The molecular formula is C27H28N2O5S. The maximum Gasteiger partial charge on any atom is 0.269 e. The molecule has 1 N–H and O–H groups in total. The van der Waals surface area contributed by atoms with Gasteiger partial charge in [-0.2, -0.15) is 0 Å². The number of fused-ring (bicyclic) bond motifs is 1. The first-order chi connectivity index (χ1) is 17.1. The third-order valence-corrected chi connectivity index (χ3v) is 7.31. The van der Waals surface area contributed by atoms with Gasteiger partial charge >= 0.3 is 0 Å². The molecule has 0 unspecified atom stereocenters. The van der Waals surface area contributed by atoms with Gasteiger partial charge in [0.05, 0.1) is 12.0 Å². The molecule has 7 nitrogen and oxygen atoms in total. The normalized spacial score (nSPS) is 15.9. The number of nitrogens with one attached hydrogen (secondary N) is 1. The zero-order valence-electron chi connectivity index (χ0n) is 19.6. The second-order valence-corrected chi connectivity index (χ2v) is 9.66. The van der Waals surface area contributed by atoms with Gasteiger partial charge in [-0.3, -0.25) is 14.5 Å². The van der Waals surface area contributed by atoms with Gasteiger partial charge < -0.3 is 19.5 Å². The number of benzene rings is 2. The third-order valence-electron chi connectivity index (χ3n) is 6.45. The van der Waals surface area contributed by atoms with Crippen LogP contribution in [0.4, 0.5) is 5.69 Å². The molecule has 0 bridgehead atoms. The van der Waals surface area contributed by atoms with Crippen molar-refractivity contribution in [2.45, 2.75) is 44.2 Å². The van der Waals surface area contributed by atoms with Crippen molar-refractivity contribution < 1.29 is 23.8 Å². The number of hydrogen-bond acceptors (Lipinski definition) is 6. The van der Waals surface area contributed by atoms with E-state index in [2.05, 4.69) is 5.32 Å². The Hall–Kier alpha value is -3.52. The molecule has 8 heteroatoms. The van der Waals surface area contributed by atoms with E-state index in [1.165, 1.54) is 17.8 Å². The average Bonchev–Trinajstić information content (AvgIpc) is 3.59. The molecule has 1 saturated carbocycles. The summed E-state index contributed by atoms with van der Waals surface area (Å²) in [6.45, 7) is 0.124. The summed E-state index contributed by atoms with van der Waals surface area (Å²) >= 11 is 1.34. The van der Waals surface area contributed by atoms with E-state index in [0.717, 1.165) is 25.7 Å². The van der Waals surface area contributed by atoms with E-state index in [4.69, 9.17) is 14.2 Å². The number of thiophene rings is 1. The van der Waals surface area contributed by atoms with Crippen LogP contribution in [-0.2, 0) is 4.79 Å². The van der Waals surface area contributed by atoms with Gasteiger partial charge in [0.25, 0.3) is 5.91 Å². The summed E-state index contributed by atoms with van der Waals surface area (Å²) in [6, 6.07) is 15.5.